The Kier molecular flexibility index (Phi) is 5.90. The van der Waals surface area contributed by atoms with Gasteiger partial charge in [0.05, 0.1) is 5.41 Å². The predicted octanol–water partition coefficient (Wildman–Crippen LogP) is 6.44. The Morgan fingerprint density at radius 2 is 1.13 bits per heavy atom. The molecular formula is C29H24O2. The van der Waals surface area contributed by atoms with E-state index >= 15 is 0 Å². The summed E-state index contributed by atoms with van der Waals surface area (Å²) in [4.78, 5) is 27.7. The van der Waals surface area contributed by atoms with Gasteiger partial charge in [-0.15, -0.1) is 0 Å². The summed E-state index contributed by atoms with van der Waals surface area (Å²) in [6.07, 6.45) is 0.0538. The monoisotopic (exact) mass is 404 g/mol. The Bertz CT molecular complexity index is 1180. The van der Waals surface area contributed by atoms with E-state index in [1.165, 1.54) is 0 Å². The van der Waals surface area contributed by atoms with E-state index in [0.717, 1.165) is 16.7 Å². The third kappa shape index (κ3) is 4.10. The van der Waals surface area contributed by atoms with E-state index in [4.69, 9.17) is 0 Å². The summed E-state index contributed by atoms with van der Waals surface area (Å²) in [5.74, 6) is -0.135. The molecule has 2 heteroatoms. The van der Waals surface area contributed by atoms with Crippen molar-refractivity contribution in [3.05, 3.63) is 143 Å². The number of benzene rings is 4. The van der Waals surface area contributed by atoms with Gasteiger partial charge < -0.3 is 0 Å². The van der Waals surface area contributed by atoms with Gasteiger partial charge in [0.25, 0.3) is 0 Å². The van der Waals surface area contributed by atoms with Crippen molar-refractivity contribution in [3.8, 4) is 0 Å². The van der Waals surface area contributed by atoms with Crippen molar-refractivity contribution in [2.24, 2.45) is 0 Å². The zero-order valence-electron chi connectivity index (χ0n) is 17.5. The molecule has 0 amide bonds. The molecule has 4 aromatic rings. The minimum absolute atomic E-state index is 0.0538. The molecule has 0 heterocycles. The number of rotatable bonds is 7. The summed E-state index contributed by atoms with van der Waals surface area (Å²) < 4.78 is 0. The molecule has 0 aliphatic rings. The molecule has 4 rings (SSSR count). The minimum Gasteiger partial charge on any atom is -0.294 e. The predicted molar refractivity (Wildman–Crippen MR) is 125 cm³/mol. The molecule has 0 N–H and O–H groups in total. The first kappa shape index (κ1) is 20.5. The van der Waals surface area contributed by atoms with E-state index in [1.807, 2.05) is 110 Å². The van der Waals surface area contributed by atoms with Crippen LogP contribution < -0.4 is 0 Å². The first-order chi connectivity index (χ1) is 15.1. The second-order valence-corrected chi connectivity index (χ2v) is 7.80. The summed E-state index contributed by atoms with van der Waals surface area (Å²) in [7, 11) is 0. The van der Waals surface area contributed by atoms with Gasteiger partial charge in [0.1, 0.15) is 0 Å². The van der Waals surface area contributed by atoms with Crippen molar-refractivity contribution in [2.75, 3.05) is 0 Å². The Morgan fingerprint density at radius 1 is 0.613 bits per heavy atom. The van der Waals surface area contributed by atoms with Gasteiger partial charge >= 0.3 is 0 Å². The van der Waals surface area contributed by atoms with Crippen molar-refractivity contribution in [1.29, 1.82) is 0 Å². The number of ketones is 2. The molecule has 0 saturated heterocycles. The Labute approximate surface area is 183 Å². The molecule has 4 aromatic carbocycles. The van der Waals surface area contributed by atoms with Gasteiger partial charge in [-0.3, -0.25) is 9.59 Å². The average molecular weight is 405 g/mol. The zero-order valence-corrected chi connectivity index (χ0v) is 17.5. The molecule has 152 valence electrons. The Hall–Kier alpha value is -3.78. The van der Waals surface area contributed by atoms with Crippen LogP contribution in [0, 0.1) is 6.92 Å². The van der Waals surface area contributed by atoms with Crippen LogP contribution >= 0.6 is 0 Å². The van der Waals surface area contributed by atoms with Crippen LogP contribution in [0.25, 0.3) is 0 Å². The number of hydrogen-bond acceptors (Lipinski definition) is 2. The molecule has 0 spiro atoms. The Balaban J connectivity index is 1.97. The highest BCUT2D eigenvalue weighted by molar-refractivity contribution is 6.11. The van der Waals surface area contributed by atoms with E-state index in [1.54, 1.807) is 12.1 Å². The van der Waals surface area contributed by atoms with Crippen molar-refractivity contribution < 1.29 is 9.59 Å². The standard InChI is InChI=1S/C29H24O2/c1-22-12-11-19-26(20-22)29(25-17-9-4-10-18-25,28(31)24-15-7-3-8-16-24)21-27(30)23-13-5-2-6-14-23/h2-20H,21H2,1H3. The number of hydrogen-bond donors (Lipinski definition) is 0. The van der Waals surface area contributed by atoms with Crippen LogP contribution in [-0.2, 0) is 5.41 Å². The lowest BCUT2D eigenvalue weighted by Crippen LogP contribution is -2.39. The normalized spacial score (nSPS) is 12.7. The third-order valence-corrected chi connectivity index (χ3v) is 5.72. The smallest absolute Gasteiger partial charge is 0.178 e. The molecule has 0 aliphatic carbocycles. The molecule has 1 atom stereocenters. The van der Waals surface area contributed by atoms with Crippen LogP contribution in [0.1, 0.15) is 43.8 Å². The van der Waals surface area contributed by atoms with Gasteiger partial charge in [0.15, 0.2) is 11.6 Å². The molecule has 2 nitrogen and oxygen atoms in total. The molecule has 0 aromatic heterocycles. The first-order valence-corrected chi connectivity index (χ1v) is 10.4. The fourth-order valence-corrected chi connectivity index (χ4v) is 4.15. The zero-order chi connectivity index (χ0) is 21.7. The molecule has 0 saturated carbocycles. The maximum absolute atomic E-state index is 14.2. The molecule has 31 heavy (non-hydrogen) atoms. The summed E-state index contributed by atoms with van der Waals surface area (Å²) >= 11 is 0. The SMILES string of the molecule is Cc1cccc(C(CC(=O)c2ccccc2)(C(=O)c2ccccc2)c2ccccc2)c1. The number of aryl methyl sites for hydroxylation is 1. The second-order valence-electron chi connectivity index (χ2n) is 7.80. The lowest BCUT2D eigenvalue weighted by molar-refractivity contribution is 0.0843. The van der Waals surface area contributed by atoms with Gasteiger partial charge in [-0.1, -0.05) is 121 Å². The van der Waals surface area contributed by atoms with Crippen LogP contribution in [0.4, 0.5) is 0 Å². The fourth-order valence-electron chi connectivity index (χ4n) is 4.15. The minimum atomic E-state index is -1.12. The van der Waals surface area contributed by atoms with Crippen LogP contribution in [-0.4, -0.2) is 11.6 Å². The maximum atomic E-state index is 14.2. The largest absolute Gasteiger partial charge is 0.294 e. The van der Waals surface area contributed by atoms with E-state index in [2.05, 4.69) is 0 Å². The summed E-state index contributed by atoms with van der Waals surface area (Å²) in [5, 5.41) is 0. The summed E-state index contributed by atoms with van der Waals surface area (Å²) in [6.45, 7) is 2.01. The van der Waals surface area contributed by atoms with Crippen LogP contribution in [0.2, 0.25) is 0 Å². The number of Topliss-reactive ketones (excluding diaryl/α,β-unsaturated/α-hetero) is 2. The lowest BCUT2D eigenvalue weighted by Gasteiger charge is -2.34. The van der Waals surface area contributed by atoms with Gasteiger partial charge in [-0.05, 0) is 18.1 Å². The molecule has 0 radical (unpaired) electrons. The Morgan fingerprint density at radius 3 is 1.71 bits per heavy atom. The highest BCUT2D eigenvalue weighted by atomic mass is 16.1. The maximum Gasteiger partial charge on any atom is 0.178 e. The van der Waals surface area contributed by atoms with E-state index in [9.17, 15) is 9.59 Å². The molecule has 0 bridgehead atoms. The number of carbonyl (C=O) groups excluding carboxylic acids is 2. The van der Waals surface area contributed by atoms with E-state index < -0.39 is 5.41 Å². The van der Waals surface area contributed by atoms with Crippen molar-refractivity contribution in [2.45, 2.75) is 18.8 Å². The number of carbonyl (C=O) groups is 2. The van der Waals surface area contributed by atoms with Gasteiger partial charge in [0, 0.05) is 17.5 Å². The van der Waals surface area contributed by atoms with Crippen LogP contribution in [0.5, 0.6) is 0 Å². The van der Waals surface area contributed by atoms with Crippen LogP contribution in [0.3, 0.4) is 0 Å². The van der Waals surface area contributed by atoms with Gasteiger partial charge in [-0.2, -0.15) is 0 Å². The third-order valence-electron chi connectivity index (χ3n) is 5.72. The van der Waals surface area contributed by atoms with Crippen LogP contribution in [0.15, 0.2) is 115 Å². The molecule has 1 unspecified atom stereocenters. The second kappa shape index (κ2) is 8.93. The highest BCUT2D eigenvalue weighted by Crippen LogP contribution is 2.40. The van der Waals surface area contributed by atoms with Gasteiger partial charge in [0.2, 0.25) is 0 Å². The molecular weight excluding hydrogens is 380 g/mol. The highest BCUT2D eigenvalue weighted by Gasteiger charge is 2.44. The van der Waals surface area contributed by atoms with Crippen molar-refractivity contribution in [1.82, 2.24) is 0 Å². The topological polar surface area (TPSA) is 34.1 Å². The summed E-state index contributed by atoms with van der Waals surface area (Å²) in [5.41, 5.74) is 2.77. The van der Waals surface area contributed by atoms with E-state index in [0.29, 0.717) is 11.1 Å². The first-order valence-electron chi connectivity index (χ1n) is 10.4. The fraction of sp³-hybridized carbons (Fsp3) is 0.103. The summed E-state index contributed by atoms with van der Waals surface area (Å²) in [6, 6.07) is 36.1. The average Bonchev–Trinajstić information content (AvgIpc) is 2.83. The van der Waals surface area contributed by atoms with Crippen molar-refractivity contribution >= 4 is 11.6 Å². The van der Waals surface area contributed by atoms with E-state index in [-0.39, 0.29) is 18.0 Å². The quantitative estimate of drug-likeness (QED) is 0.332. The molecule has 0 aliphatic heterocycles. The lowest BCUT2D eigenvalue weighted by atomic mass is 9.66. The molecule has 0 fully saturated rings. The van der Waals surface area contributed by atoms with Crippen molar-refractivity contribution in [3.63, 3.8) is 0 Å². The van der Waals surface area contributed by atoms with Gasteiger partial charge in [-0.25, -0.2) is 0 Å².